The fraction of sp³-hybridized carbons (Fsp3) is 0.125. The number of hydrogen-bond acceptors (Lipinski definition) is 3. The van der Waals surface area contributed by atoms with E-state index in [1.54, 1.807) is 12.3 Å². The summed E-state index contributed by atoms with van der Waals surface area (Å²) in [6.07, 6.45) is 1.72. The Kier molecular flexibility index (Phi) is 3.75. The van der Waals surface area contributed by atoms with Crippen LogP contribution in [0.1, 0.15) is 11.3 Å². The summed E-state index contributed by atoms with van der Waals surface area (Å²) in [5.41, 5.74) is 3.50. The number of pyridine rings is 1. The zero-order chi connectivity index (χ0) is 14.8. The number of rotatable bonds is 3. The van der Waals surface area contributed by atoms with Gasteiger partial charge in [-0.05, 0) is 36.8 Å². The summed E-state index contributed by atoms with van der Waals surface area (Å²) in [6, 6.07) is 13.1. The van der Waals surface area contributed by atoms with Crippen molar-refractivity contribution in [2.45, 2.75) is 13.5 Å². The lowest BCUT2D eigenvalue weighted by Crippen LogP contribution is -2.16. The molecule has 0 fully saturated rings. The van der Waals surface area contributed by atoms with Crippen LogP contribution in [0.2, 0.25) is 0 Å². The molecule has 0 amide bonds. The molecule has 0 unspecified atom stereocenters. The number of fused-ring (bicyclic) bond motifs is 1. The van der Waals surface area contributed by atoms with Crippen molar-refractivity contribution in [2.75, 3.05) is 5.32 Å². The predicted molar refractivity (Wildman–Crippen MR) is 87.7 cm³/mol. The number of aromatic nitrogens is 2. The predicted octanol–water partition coefficient (Wildman–Crippen LogP) is 3.38. The molecule has 2 aromatic heterocycles. The van der Waals surface area contributed by atoms with Crippen LogP contribution >= 0.6 is 15.9 Å². The average molecular weight is 344 g/mol. The Morgan fingerprint density at radius 1 is 1.24 bits per heavy atom. The monoisotopic (exact) mass is 343 g/mol. The van der Waals surface area contributed by atoms with Crippen molar-refractivity contribution in [1.82, 2.24) is 9.38 Å². The Bertz CT molecular complexity index is 858. The molecule has 2 heterocycles. The minimum Gasteiger partial charge on any atom is -0.379 e. The number of benzene rings is 1. The van der Waals surface area contributed by atoms with Gasteiger partial charge < -0.3 is 5.32 Å². The van der Waals surface area contributed by atoms with E-state index >= 15 is 0 Å². The third-order valence-corrected chi connectivity index (χ3v) is 3.78. The summed E-state index contributed by atoms with van der Waals surface area (Å²) in [4.78, 5) is 16.5. The van der Waals surface area contributed by atoms with Gasteiger partial charge in [0.05, 0.1) is 12.2 Å². The zero-order valence-electron chi connectivity index (χ0n) is 11.5. The molecular weight excluding hydrogens is 330 g/mol. The Morgan fingerprint density at radius 3 is 2.95 bits per heavy atom. The minimum absolute atomic E-state index is 0.0663. The molecule has 5 heteroatoms. The standard InChI is InChI=1S/C16H14BrN3O/c1-11-5-6-12(17)8-14(11)18-10-13-9-16(21)20-7-3-2-4-15(20)19-13/h2-9,18H,10H2,1H3. The fourth-order valence-corrected chi connectivity index (χ4v) is 2.53. The van der Waals surface area contributed by atoms with Crippen molar-refractivity contribution in [3.63, 3.8) is 0 Å². The largest absolute Gasteiger partial charge is 0.379 e. The van der Waals surface area contributed by atoms with Gasteiger partial charge in [0.15, 0.2) is 0 Å². The lowest BCUT2D eigenvalue weighted by atomic mass is 10.2. The third-order valence-electron chi connectivity index (χ3n) is 3.28. The van der Waals surface area contributed by atoms with Gasteiger partial charge in [-0.15, -0.1) is 0 Å². The highest BCUT2D eigenvalue weighted by molar-refractivity contribution is 9.10. The summed E-state index contributed by atoms with van der Waals surface area (Å²) in [5.74, 6) is 0. The zero-order valence-corrected chi connectivity index (χ0v) is 13.1. The second-order valence-electron chi connectivity index (χ2n) is 4.83. The maximum absolute atomic E-state index is 12.0. The molecule has 1 aromatic carbocycles. The number of hydrogen-bond donors (Lipinski definition) is 1. The van der Waals surface area contributed by atoms with Crippen molar-refractivity contribution in [2.24, 2.45) is 0 Å². The minimum atomic E-state index is -0.0663. The van der Waals surface area contributed by atoms with E-state index in [0.717, 1.165) is 21.4 Å². The Hall–Kier alpha value is -2.14. The van der Waals surface area contributed by atoms with Gasteiger partial charge in [-0.1, -0.05) is 28.1 Å². The van der Waals surface area contributed by atoms with E-state index < -0.39 is 0 Å². The highest BCUT2D eigenvalue weighted by atomic mass is 79.9. The van der Waals surface area contributed by atoms with Crippen molar-refractivity contribution in [1.29, 1.82) is 0 Å². The van der Waals surface area contributed by atoms with Crippen LogP contribution in [0.3, 0.4) is 0 Å². The topological polar surface area (TPSA) is 46.4 Å². The summed E-state index contributed by atoms with van der Waals surface area (Å²) in [5, 5.41) is 3.32. The van der Waals surface area contributed by atoms with Gasteiger partial charge in [-0.25, -0.2) is 4.98 Å². The Morgan fingerprint density at radius 2 is 2.10 bits per heavy atom. The number of anilines is 1. The SMILES string of the molecule is Cc1ccc(Br)cc1NCc1cc(=O)n2ccccc2n1. The molecule has 106 valence electrons. The highest BCUT2D eigenvalue weighted by Crippen LogP contribution is 2.21. The van der Waals surface area contributed by atoms with Gasteiger partial charge >= 0.3 is 0 Å². The van der Waals surface area contributed by atoms with Crippen LogP contribution < -0.4 is 10.9 Å². The number of halogens is 1. The summed E-state index contributed by atoms with van der Waals surface area (Å²) < 4.78 is 2.55. The van der Waals surface area contributed by atoms with E-state index in [0.29, 0.717) is 12.2 Å². The van der Waals surface area contributed by atoms with Crippen molar-refractivity contribution >= 4 is 27.3 Å². The molecule has 0 aliphatic heterocycles. The maximum atomic E-state index is 12.0. The van der Waals surface area contributed by atoms with Gasteiger partial charge in [0.1, 0.15) is 5.65 Å². The first-order valence-electron chi connectivity index (χ1n) is 6.61. The van der Waals surface area contributed by atoms with Crippen LogP contribution in [0.4, 0.5) is 5.69 Å². The van der Waals surface area contributed by atoms with E-state index in [1.165, 1.54) is 4.40 Å². The maximum Gasteiger partial charge on any atom is 0.258 e. The molecule has 0 bridgehead atoms. The highest BCUT2D eigenvalue weighted by Gasteiger charge is 2.03. The smallest absolute Gasteiger partial charge is 0.258 e. The molecule has 0 saturated carbocycles. The molecule has 0 spiro atoms. The lowest BCUT2D eigenvalue weighted by molar-refractivity contribution is 0.970. The van der Waals surface area contributed by atoms with Crippen molar-refractivity contribution in [3.8, 4) is 0 Å². The van der Waals surface area contributed by atoms with Crippen LogP contribution in [0.25, 0.3) is 5.65 Å². The van der Waals surface area contributed by atoms with E-state index in [2.05, 4.69) is 26.2 Å². The number of aryl methyl sites for hydroxylation is 1. The summed E-state index contributed by atoms with van der Waals surface area (Å²) in [7, 11) is 0. The third kappa shape index (κ3) is 2.97. The summed E-state index contributed by atoms with van der Waals surface area (Å²) >= 11 is 3.46. The van der Waals surface area contributed by atoms with Crippen LogP contribution in [0, 0.1) is 6.92 Å². The van der Waals surface area contributed by atoms with Crippen molar-refractivity contribution in [3.05, 3.63) is 74.7 Å². The second-order valence-corrected chi connectivity index (χ2v) is 5.74. The molecule has 0 atom stereocenters. The van der Waals surface area contributed by atoms with Crippen molar-refractivity contribution < 1.29 is 0 Å². The molecule has 0 saturated heterocycles. The molecule has 4 nitrogen and oxygen atoms in total. The first-order valence-corrected chi connectivity index (χ1v) is 7.40. The molecule has 3 rings (SSSR count). The van der Waals surface area contributed by atoms with E-state index in [1.807, 2.05) is 43.3 Å². The normalized spacial score (nSPS) is 10.8. The van der Waals surface area contributed by atoms with Gasteiger partial charge in [-0.3, -0.25) is 9.20 Å². The quantitative estimate of drug-likeness (QED) is 0.792. The lowest BCUT2D eigenvalue weighted by Gasteiger charge is -2.10. The number of nitrogens with one attached hydrogen (secondary N) is 1. The molecule has 1 N–H and O–H groups in total. The van der Waals surface area contributed by atoms with Crippen LogP contribution in [0.5, 0.6) is 0 Å². The molecule has 3 aromatic rings. The van der Waals surface area contributed by atoms with Crippen LogP contribution in [0.15, 0.2) is 57.9 Å². The summed E-state index contributed by atoms with van der Waals surface area (Å²) in [6.45, 7) is 2.55. The van der Waals surface area contributed by atoms with Gasteiger partial charge in [0.2, 0.25) is 0 Å². The number of nitrogens with zero attached hydrogens (tertiary/aromatic N) is 2. The first kappa shape index (κ1) is 13.8. The fourth-order valence-electron chi connectivity index (χ4n) is 2.16. The van der Waals surface area contributed by atoms with E-state index in [4.69, 9.17) is 0 Å². The van der Waals surface area contributed by atoms with Crippen LogP contribution in [-0.4, -0.2) is 9.38 Å². The Balaban J connectivity index is 1.88. The second kappa shape index (κ2) is 5.69. The molecule has 0 aliphatic rings. The van der Waals surface area contributed by atoms with Crippen LogP contribution in [-0.2, 0) is 6.54 Å². The molecule has 0 aliphatic carbocycles. The molecule has 0 radical (unpaired) electrons. The molecular formula is C16H14BrN3O. The first-order chi connectivity index (χ1) is 10.1. The van der Waals surface area contributed by atoms with E-state index in [-0.39, 0.29) is 5.56 Å². The van der Waals surface area contributed by atoms with Gasteiger partial charge in [-0.2, -0.15) is 0 Å². The molecule has 21 heavy (non-hydrogen) atoms. The Labute approximate surface area is 130 Å². The van der Waals surface area contributed by atoms with E-state index in [9.17, 15) is 4.79 Å². The van der Waals surface area contributed by atoms with Gasteiger partial charge in [0, 0.05) is 22.4 Å². The van der Waals surface area contributed by atoms with Gasteiger partial charge in [0.25, 0.3) is 5.56 Å². The average Bonchev–Trinajstić information content (AvgIpc) is 2.48.